The Labute approximate surface area is 110 Å². The molecule has 0 unspecified atom stereocenters. The lowest BCUT2D eigenvalue weighted by atomic mass is 10.2. The van der Waals surface area contributed by atoms with Crippen molar-refractivity contribution in [3.05, 3.63) is 60.7 Å². The molecule has 94 valence electrons. The molecule has 0 spiro atoms. The zero-order valence-corrected chi connectivity index (χ0v) is 10.3. The van der Waals surface area contributed by atoms with E-state index in [2.05, 4.69) is 15.1 Å². The van der Waals surface area contributed by atoms with Crippen molar-refractivity contribution in [2.75, 3.05) is 0 Å². The SMILES string of the molecule is NCc1cc(-c2cccnc2)n(-c2ccccn2)n1. The fourth-order valence-electron chi connectivity index (χ4n) is 1.90. The molecule has 0 saturated heterocycles. The van der Waals surface area contributed by atoms with Gasteiger partial charge in [0.25, 0.3) is 0 Å². The molecule has 3 aromatic heterocycles. The van der Waals surface area contributed by atoms with E-state index < -0.39 is 0 Å². The summed E-state index contributed by atoms with van der Waals surface area (Å²) in [6, 6.07) is 11.6. The summed E-state index contributed by atoms with van der Waals surface area (Å²) in [5.74, 6) is 0.765. The zero-order valence-electron chi connectivity index (χ0n) is 10.3. The van der Waals surface area contributed by atoms with E-state index in [1.807, 2.05) is 36.4 Å². The van der Waals surface area contributed by atoms with Crippen molar-refractivity contribution in [2.24, 2.45) is 5.73 Å². The van der Waals surface area contributed by atoms with Crippen molar-refractivity contribution >= 4 is 0 Å². The van der Waals surface area contributed by atoms with E-state index in [0.717, 1.165) is 22.8 Å². The monoisotopic (exact) mass is 251 g/mol. The van der Waals surface area contributed by atoms with Crippen LogP contribution in [-0.4, -0.2) is 19.7 Å². The second-order valence-corrected chi connectivity index (χ2v) is 4.07. The maximum atomic E-state index is 5.68. The van der Waals surface area contributed by atoms with Gasteiger partial charge >= 0.3 is 0 Å². The minimum absolute atomic E-state index is 0.396. The van der Waals surface area contributed by atoms with Crippen LogP contribution in [0.2, 0.25) is 0 Å². The molecule has 0 fully saturated rings. The molecule has 0 radical (unpaired) electrons. The molecule has 0 aromatic carbocycles. The number of pyridine rings is 2. The fraction of sp³-hybridized carbons (Fsp3) is 0.0714. The Balaban J connectivity index is 2.17. The summed E-state index contributed by atoms with van der Waals surface area (Å²) in [5, 5.41) is 4.48. The number of rotatable bonds is 3. The first-order valence-electron chi connectivity index (χ1n) is 5.99. The third kappa shape index (κ3) is 2.23. The maximum Gasteiger partial charge on any atom is 0.153 e. The highest BCUT2D eigenvalue weighted by Crippen LogP contribution is 2.22. The van der Waals surface area contributed by atoms with E-state index in [0.29, 0.717) is 6.54 Å². The third-order valence-corrected chi connectivity index (χ3v) is 2.79. The number of hydrogen-bond acceptors (Lipinski definition) is 4. The van der Waals surface area contributed by atoms with Gasteiger partial charge in [-0.1, -0.05) is 6.07 Å². The van der Waals surface area contributed by atoms with Crippen molar-refractivity contribution in [3.8, 4) is 17.1 Å². The highest BCUT2D eigenvalue weighted by atomic mass is 15.3. The van der Waals surface area contributed by atoms with E-state index >= 15 is 0 Å². The normalized spacial score (nSPS) is 10.6. The summed E-state index contributed by atoms with van der Waals surface area (Å²) < 4.78 is 1.79. The van der Waals surface area contributed by atoms with Gasteiger partial charge in [-0.15, -0.1) is 0 Å². The molecule has 0 saturated carbocycles. The lowest BCUT2D eigenvalue weighted by molar-refractivity contribution is 0.815. The van der Waals surface area contributed by atoms with E-state index in [1.165, 1.54) is 0 Å². The molecule has 3 heterocycles. The number of nitrogens with two attached hydrogens (primary N) is 1. The first-order valence-corrected chi connectivity index (χ1v) is 5.99. The van der Waals surface area contributed by atoms with E-state index in [-0.39, 0.29) is 0 Å². The van der Waals surface area contributed by atoms with Crippen molar-refractivity contribution in [3.63, 3.8) is 0 Å². The molecule has 0 amide bonds. The fourth-order valence-corrected chi connectivity index (χ4v) is 1.90. The Hall–Kier alpha value is -2.53. The second kappa shape index (κ2) is 4.99. The van der Waals surface area contributed by atoms with Crippen molar-refractivity contribution in [2.45, 2.75) is 6.54 Å². The topological polar surface area (TPSA) is 69.6 Å². The van der Waals surface area contributed by atoms with Gasteiger partial charge < -0.3 is 5.73 Å². The largest absolute Gasteiger partial charge is 0.325 e. The number of nitrogens with zero attached hydrogens (tertiary/aromatic N) is 4. The molecule has 0 aliphatic heterocycles. The van der Waals surface area contributed by atoms with Gasteiger partial charge in [-0.25, -0.2) is 9.67 Å². The first kappa shape index (κ1) is 11.6. The van der Waals surface area contributed by atoms with Crippen molar-refractivity contribution < 1.29 is 0 Å². The Morgan fingerprint density at radius 2 is 2.05 bits per heavy atom. The molecule has 5 heteroatoms. The lowest BCUT2D eigenvalue weighted by Crippen LogP contribution is -2.03. The van der Waals surface area contributed by atoms with Crippen LogP contribution in [0.25, 0.3) is 17.1 Å². The molecule has 3 aromatic rings. The van der Waals surface area contributed by atoms with Crippen LogP contribution in [0.4, 0.5) is 0 Å². The Kier molecular flexibility index (Phi) is 3.04. The molecule has 0 aliphatic rings. The predicted molar refractivity (Wildman–Crippen MR) is 72.5 cm³/mol. The van der Waals surface area contributed by atoms with Crippen LogP contribution in [0.1, 0.15) is 5.69 Å². The number of aromatic nitrogens is 4. The van der Waals surface area contributed by atoms with Crippen molar-refractivity contribution in [1.29, 1.82) is 0 Å². The second-order valence-electron chi connectivity index (χ2n) is 4.07. The van der Waals surface area contributed by atoms with Crippen LogP contribution in [0.5, 0.6) is 0 Å². The molecule has 3 rings (SSSR count). The Bertz CT molecular complexity index is 604. The average molecular weight is 251 g/mol. The quantitative estimate of drug-likeness (QED) is 0.770. The van der Waals surface area contributed by atoms with E-state index in [9.17, 15) is 0 Å². The molecular weight excluding hydrogens is 238 g/mol. The maximum absolute atomic E-state index is 5.68. The predicted octanol–water partition coefficient (Wildman–Crippen LogP) is 1.79. The van der Waals surface area contributed by atoms with Gasteiger partial charge in [0.15, 0.2) is 5.82 Å². The molecule has 0 aliphatic carbocycles. The van der Waals surface area contributed by atoms with E-state index in [4.69, 9.17) is 5.73 Å². The molecular formula is C14H13N5. The average Bonchev–Trinajstić information content (AvgIpc) is 2.93. The zero-order chi connectivity index (χ0) is 13.1. The summed E-state index contributed by atoms with van der Waals surface area (Å²) in [6.45, 7) is 0.396. The molecule has 19 heavy (non-hydrogen) atoms. The standard InChI is InChI=1S/C14H13N5/c15-9-12-8-13(11-4-3-6-16-10-11)19(18-12)14-5-1-2-7-17-14/h1-8,10H,9,15H2. The van der Waals surface area contributed by atoms with Crippen LogP contribution in [-0.2, 0) is 6.54 Å². The Morgan fingerprint density at radius 1 is 1.11 bits per heavy atom. The summed E-state index contributed by atoms with van der Waals surface area (Å²) in [4.78, 5) is 8.46. The summed E-state index contributed by atoms with van der Waals surface area (Å²) in [7, 11) is 0. The van der Waals surface area contributed by atoms with Gasteiger partial charge in [0.2, 0.25) is 0 Å². The summed E-state index contributed by atoms with van der Waals surface area (Å²) >= 11 is 0. The lowest BCUT2D eigenvalue weighted by Gasteiger charge is -2.05. The molecule has 0 bridgehead atoms. The van der Waals surface area contributed by atoms with Gasteiger partial charge in [-0.2, -0.15) is 5.10 Å². The van der Waals surface area contributed by atoms with Crippen molar-refractivity contribution in [1.82, 2.24) is 19.7 Å². The third-order valence-electron chi connectivity index (χ3n) is 2.79. The van der Waals surface area contributed by atoms with Gasteiger partial charge in [-0.3, -0.25) is 4.98 Å². The van der Waals surface area contributed by atoms with Crippen LogP contribution in [0.15, 0.2) is 55.0 Å². The van der Waals surface area contributed by atoms with Crippen LogP contribution < -0.4 is 5.73 Å². The van der Waals surface area contributed by atoms with Crippen LogP contribution in [0.3, 0.4) is 0 Å². The van der Waals surface area contributed by atoms with E-state index in [1.54, 1.807) is 23.3 Å². The van der Waals surface area contributed by atoms with Crippen LogP contribution >= 0.6 is 0 Å². The van der Waals surface area contributed by atoms with Gasteiger partial charge in [0.05, 0.1) is 11.4 Å². The smallest absolute Gasteiger partial charge is 0.153 e. The summed E-state index contributed by atoms with van der Waals surface area (Å²) in [5.41, 5.74) is 8.42. The minimum atomic E-state index is 0.396. The Morgan fingerprint density at radius 3 is 2.74 bits per heavy atom. The summed E-state index contributed by atoms with van der Waals surface area (Å²) in [6.07, 6.45) is 5.29. The van der Waals surface area contributed by atoms with Gasteiger partial charge in [0, 0.05) is 30.7 Å². The highest BCUT2D eigenvalue weighted by molar-refractivity contribution is 5.60. The molecule has 5 nitrogen and oxygen atoms in total. The molecule has 2 N–H and O–H groups in total. The first-order chi connectivity index (χ1) is 9.38. The number of hydrogen-bond donors (Lipinski definition) is 1. The van der Waals surface area contributed by atoms with Gasteiger partial charge in [-0.05, 0) is 30.3 Å². The highest BCUT2D eigenvalue weighted by Gasteiger charge is 2.11. The van der Waals surface area contributed by atoms with Crippen LogP contribution in [0, 0.1) is 0 Å². The minimum Gasteiger partial charge on any atom is -0.325 e. The van der Waals surface area contributed by atoms with Gasteiger partial charge in [0.1, 0.15) is 0 Å². The molecule has 0 atom stereocenters.